The van der Waals surface area contributed by atoms with Crippen LogP contribution >= 0.6 is 0 Å². The van der Waals surface area contributed by atoms with Crippen molar-refractivity contribution < 1.29 is 22.7 Å². The van der Waals surface area contributed by atoms with Crippen LogP contribution in [-0.2, 0) is 4.74 Å². The number of esters is 1. The summed E-state index contributed by atoms with van der Waals surface area (Å²) in [7, 11) is 0. The van der Waals surface area contributed by atoms with E-state index in [0.29, 0.717) is 36.8 Å². The molecule has 0 aromatic heterocycles. The van der Waals surface area contributed by atoms with Crippen LogP contribution in [0.2, 0.25) is 0 Å². The molecule has 2 aromatic carbocycles. The van der Waals surface area contributed by atoms with Crippen LogP contribution in [0.15, 0.2) is 30.3 Å². The Labute approximate surface area is 200 Å². The highest BCUT2D eigenvalue weighted by molar-refractivity contribution is 5.89. The quantitative estimate of drug-likeness (QED) is 0.395. The average Bonchev–Trinajstić information content (AvgIpc) is 2.82. The van der Waals surface area contributed by atoms with Gasteiger partial charge >= 0.3 is 5.97 Å². The van der Waals surface area contributed by atoms with Crippen LogP contribution < -0.4 is 0 Å². The molecule has 0 bridgehead atoms. The van der Waals surface area contributed by atoms with E-state index < -0.39 is 23.4 Å². The van der Waals surface area contributed by atoms with Crippen LogP contribution in [0, 0.1) is 30.3 Å². The second kappa shape index (κ2) is 11.0. The lowest BCUT2D eigenvalue weighted by Crippen LogP contribution is -2.25. The summed E-state index contributed by atoms with van der Waals surface area (Å²) in [5.41, 5.74) is 1.62. The van der Waals surface area contributed by atoms with Crippen molar-refractivity contribution in [1.29, 1.82) is 0 Å². The highest BCUT2D eigenvalue weighted by Gasteiger charge is 2.31. The van der Waals surface area contributed by atoms with Gasteiger partial charge in [-0.3, -0.25) is 0 Å². The maximum absolute atomic E-state index is 15.1. The molecule has 2 aromatic rings. The number of carbonyl (C=O) groups excluding carboxylic acids is 1. The molecule has 0 radical (unpaired) electrons. The van der Waals surface area contributed by atoms with Gasteiger partial charge in [-0.2, -0.15) is 0 Å². The molecule has 4 rings (SSSR count). The van der Waals surface area contributed by atoms with Crippen molar-refractivity contribution in [1.82, 2.24) is 0 Å². The summed E-state index contributed by atoms with van der Waals surface area (Å²) in [5.74, 6) is -1.93. The van der Waals surface area contributed by atoms with Crippen LogP contribution in [0.25, 0.3) is 0 Å². The second-order valence-electron chi connectivity index (χ2n) is 10.2. The van der Waals surface area contributed by atoms with Gasteiger partial charge in [0.25, 0.3) is 0 Å². The van der Waals surface area contributed by atoms with E-state index in [0.717, 1.165) is 37.2 Å². The Morgan fingerprint density at radius 1 is 0.853 bits per heavy atom. The highest BCUT2D eigenvalue weighted by Crippen LogP contribution is 2.41. The predicted octanol–water partition coefficient (Wildman–Crippen LogP) is 8.37. The number of hydrogen-bond donors (Lipinski definition) is 0. The standard InChI is InChI=1S/C29H35F3O2/c1-3-4-19-6-8-20(9-7-19)23-15-16-24(28(32)27(23)31)21-10-12-22(13-11-21)34-29(33)25-14-5-18(2)17-26(25)30/h5,14-17,19-22H,3-4,6-13H2,1-2H3. The molecule has 34 heavy (non-hydrogen) atoms. The van der Waals surface area contributed by atoms with E-state index >= 15 is 8.78 Å². The van der Waals surface area contributed by atoms with Gasteiger partial charge in [0.15, 0.2) is 11.6 Å². The smallest absolute Gasteiger partial charge is 0.341 e. The summed E-state index contributed by atoms with van der Waals surface area (Å²) in [5, 5.41) is 0. The van der Waals surface area contributed by atoms with Gasteiger partial charge in [-0.1, -0.05) is 38.0 Å². The fourth-order valence-corrected chi connectivity index (χ4v) is 5.87. The SMILES string of the molecule is CCCC1CCC(c2ccc(C3CCC(OC(=O)c4ccc(C)cc4F)CC3)c(F)c2F)CC1. The largest absolute Gasteiger partial charge is 0.459 e. The molecule has 2 saturated carbocycles. The molecule has 0 atom stereocenters. The number of halogens is 3. The van der Waals surface area contributed by atoms with Crippen LogP contribution in [-0.4, -0.2) is 12.1 Å². The Morgan fingerprint density at radius 3 is 1.94 bits per heavy atom. The number of hydrogen-bond acceptors (Lipinski definition) is 2. The number of aryl methyl sites for hydroxylation is 1. The highest BCUT2D eigenvalue weighted by atomic mass is 19.2. The van der Waals surface area contributed by atoms with E-state index in [2.05, 4.69) is 6.92 Å². The average molecular weight is 473 g/mol. The van der Waals surface area contributed by atoms with Crippen LogP contribution in [0.4, 0.5) is 13.2 Å². The van der Waals surface area contributed by atoms with E-state index in [1.165, 1.54) is 25.0 Å². The first-order valence-electron chi connectivity index (χ1n) is 12.8. The zero-order valence-corrected chi connectivity index (χ0v) is 20.2. The molecule has 2 nitrogen and oxygen atoms in total. The Kier molecular flexibility index (Phi) is 8.00. The topological polar surface area (TPSA) is 26.3 Å². The zero-order valence-electron chi connectivity index (χ0n) is 20.2. The first-order chi connectivity index (χ1) is 16.4. The number of carbonyl (C=O) groups is 1. The molecule has 0 N–H and O–H groups in total. The lowest BCUT2D eigenvalue weighted by molar-refractivity contribution is 0.0189. The lowest BCUT2D eigenvalue weighted by Gasteiger charge is -2.31. The van der Waals surface area contributed by atoms with Gasteiger partial charge in [-0.25, -0.2) is 18.0 Å². The van der Waals surface area contributed by atoms with Gasteiger partial charge in [0.05, 0.1) is 5.56 Å². The summed E-state index contributed by atoms with van der Waals surface area (Å²) < 4.78 is 49.7. The molecule has 2 aliphatic carbocycles. The van der Waals surface area contributed by atoms with Crippen molar-refractivity contribution in [3.63, 3.8) is 0 Å². The first-order valence-corrected chi connectivity index (χ1v) is 12.8. The minimum atomic E-state index is -0.713. The van der Waals surface area contributed by atoms with E-state index in [4.69, 9.17) is 4.74 Å². The normalized spacial score (nSPS) is 25.2. The molecule has 0 unspecified atom stereocenters. The molecule has 0 amide bonds. The van der Waals surface area contributed by atoms with Crippen molar-refractivity contribution in [2.45, 2.75) is 96.0 Å². The maximum atomic E-state index is 15.1. The lowest BCUT2D eigenvalue weighted by atomic mass is 9.76. The summed E-state index contributed by atoms with van der Waals surface area (Å²) in [6.45, 7) is 3.95. The Balaban J connectivity index is 1.35. The Hall–Kier alpha value is -2.30. The third kappa shape index (κ3) is 5.50. The summed E-state index contributed by atoms with van der Waals surface area (Å²) in [4.78, 5) is 12.4. The minimum absolute atomic E-state index is 0.0693. The summed E-state index contributed by atoms with van der Waals surface area (Å²) in [6.07, 6.45) is 8.41. The molecule has 2 fully saturated rings. The van der Waals surface area contributed by atoms with Crippen molar-refractivity contribution in [2.24, 2.45) is 5.92 Å². The zero-order chi connectivity index (χ0) is 24.2. The van der Waals surface area contributed by atoms with Crippen molar-refractivity contribution in [3.05, 3.63) is 70.0 Å². The summed E-state index contributed by atoms with van der Waals surface area (Å²) >= 11 is 0. The fourth-order valence-electron chi connectivity index (χ4n) is 5.87. The predicted molar refractivity (Wildman–Crippen MR) is 128 cm³/mol. The maximum Gasteiger partial charge on any atom is 0.341 e. The third-order valence-corrected chi connectivity index (χ3v) is 7.86. The van der Waals surface area contributed by atoms with Gasteiger partial charge in [0, 0.05) is 0 Å². The fraction of sp³-hybridized carbons (Fsp3) is 0.552. The van der Waals surface area contributed by atoms with Gasteiger partial charge in [0.2, 0.25) is 0 Å². The van der Waals surface area contributed by atoms with Gasteiger partial charge in [-0.15, -0.1) is 0 Å². The van der Waals surface area contributed by atoms with Crippen LogP contribution in [0.5, 0.6) is 0 Å². The molecule has 0 spiro atoms. The number of rotatable bonds is 6. The van der Waals surface area contributed by atoms with Gasteiger partial charge < -0.3 is 4.74 Å². The Bertz CT molecular complexity index is 1000. The van der Waals surface area contributed by atoms with E-state index in [9.17, 15) is 9.18 Å². The molecule has 2 aliphatic rings. The van der Waals surface area contributed by atoms with Gasteiger partial charge in [-0.05, 0) is 105 Å². The van der Waals surface area contributed by atoms with Gasteiger partial charge in [0.1, 0.15) is 11.9 Å². The van der Waals surface area contributed by atoms with Crippen LogP contribution in [0.1, 0.15) is 110 Å². The van der Waals surface area contributed by atoms with Crippen LogP contribution in [0.3, 0.4) is 0 Å². The van der Waals surface area contributed by atoms with E-state index in [-0.39, 0.29) is 23.5 Å². The van der Waals surface area contributed by atoms with Crippen molar-refractivity contribution in [2.75, 3.05) is 0 Å². The minimum Gasteiger partial charge on any atom is -0.459 e. The molecule has 5 heteroatoms. The van der Waals surface area contributed by atoms with E-state index in [1.807, 2.05) is 0 Å². The molecule has 0 heterocycles. The summed E-state index contributed by atoms with van der Waals surface area (Å²) in [6, 6.07) is 7.99. The second-order valence-corrected chi connectivity index (χ2v) is 10.2. The molecular formula is C29H35F3O2. The van der Waals surface area contributed by atoms with Crippen molar-refractivity contribution >= 4 is 5.97 Å². The first kappa shape index (κ1) is 24.8. The molecular weight excluding hydrogens is 437 g/mol. The Morgan fingerprint density at radius 2 is 1.41 bits per heavy atom. The molecule has 0 aliphatic heterocycles. The third-order valence-electron chi connectivity index (χ3n) is 7.86. The van der Waals surface area contributed by atoms with Crippen molar-refractivity contribution in [3.8, 4) is 0 Å². The number of benzene rings is 2. The molecule has 0 saturated heterocycles. The molecule has 184 valence electrons. The van der Waals surface area contributed by atoms with E-state index in [1.54, 1.807) is 25.1 Å². The monoisotopic (exact) mass is 472 g/mol. The number of ether oxygens (including phenoxy) is 1.